The van der Waals surface area contributed by atoms with Gasteiger partial charge in [0.15, 0.2) is 0 Å². The predicted molar refractivity (Wildman–Crippen MR) is 67.3 cm³/mol. The normalized spacial score (nSPS) is 14.2. The van der Waals surface area contributed by atoms with Crippen molar-refractivity contribution in [3.63, 3.8) is 0 Å². The molecule has 0 radical (unpaired) electrons. The molecule has 1 rings (SSSR count). The average Bonchev–Trinajstić information content (AvgIpc) is 2.20. The molecule has 1 amide bonds. The van der Waals surface area contributed by atoms with Crippen LogP contribution in [0.3, 0.4) is 0 Å². The van der Waals surface area contributed by atoms with Crippen LogP contribution in [0.25, 0.3) is 0 Å². The van der Waals surface area contributed by atoms with Crippen LogP contribution in [0.1, 0.15) is 30.6 Å². The number of nitrogens with one attached hydrogen (secondary N) is 1. The first kappa shape index (κ1) is 14.1. The molecule has 2 atom stereocenters. The van der Waals surface area contributed by atoms with Gasteiger partial charge in [0.2, 0.25) is 0 Å². The monoisotopic (exact) mass is 303 g/mol. The van der Waals surface area contributed by atoms with Crippen LogP contribution in [0.2, 0.25) is 0 Å². The second kappa shape index (κ2) is 6.12. The van der Waals surface area contributed by atoms with Gasteiger partial charge < -0.3 is 10.4 Å². The number of aliphatic hydroxyl groups is 1. The van der Waals surface area contributed by atoms with Gasteiger partial charge >= 0.3 is 0 Å². The van der Waals surface area contributed by atoms with Crippen LogP contribution in [0, 0.1) is 5.82 Å². The van der Waals surface area contributed by atoms with E-state index in [1.54, 1.807) is 13.8 Å². The lowest BCUT2D eigenvalue weighted by molar-refractivity contribution is 0.0922. The Morgan fingerprint density at radius 3 is 2.71 bits per heavy atom. The first-order valence-corrected chi connectivity index (χ1v) is 6.13. The summed E-state index contributed by atoms with van der Waals surface area (Å²) in [5, 5.41) is 11.9. The lowest BCUT2D eigenvalue weighted by Crippen LogP contribution is -2.34. The molecule has 1 aromatic rings. The first-order chi connectivity index (χ1) is 7.90. The lowest BCUT2D eigenvalue weighted by atomic mass is 10.1. The molecule has 0 heterocycles. The molecule has 0 saturated carbocycles. The lowest BCUT2D eigenvalue weighted by Gasteiger charge is -2.15. The minimum atomic E-state index is -0.480. The van der Waals surface area contributed by atoms with Crippen LogP contribution in [0.5, 0.6) is 0 Å². The van der Waals surface area contributed by atoms with E-state index >= 15 is 0 Å². The third-order valence-corrected chi connectivity index (χ3v) is 2.90. The van der Waals surface area contributed by atoms with Gasteiger partial charge in [-0.3, -0.25) is 4.79 Å². The Balaban J connectivity index is 2.66. The zero-order chi connectivity index (χ0) is 13.0. The smallest absolute Gasteiger partial charge is 0.251 e. The molecule has 1 aromatic carbocycles. The van der Waals surface area contributed by atoms with Gasteiger partial charge in [-0.25, -0.2) is 4.39 Å². The van der Waals surface area contributed by atoms with Gasteiger partial charge in [0, 0.05) is 11.6 Å². The van der Waals surface area contributed by atoms with E-state index in [0.29, 0.717) is 10.9 Å². The van der Waals surface area contributed by atoms with E-state index in [0.717, 1.165) is 0 Å². The van der Waals surface area contributed by atoms with Crippen molar-refractivity contribution in [1.82, 2.24) is 5.32 Å². The van der Waals surface area contributed by atoms with E-state index in [1.807, 2.05) is 0 Å². The summed E-state index contributed by atoms with van der Waals surface area (Å²) in [4.78, 5) is 11.7. The highest BCUT2D eigenvalue weighted by Gasteiger charge is 2.12. The second-order valence-electron chi connectivity index (χ2n) is 4.09. The van der Waals surface area contributed by atoms with Crippen LogP contribution in [-0.4, -0.2) is 23.2 Å². The molecule has 0 fully saturated rings. The summed E-state index contributed by atoms with van der Waals surface area (Å²) >= 11 is 3.02. The third kappa shape index (κ3) is 4.44. The summed E-state index contributed by atoms with van der Waals surface area (Å²) in [5.74, 6) is -0.814. The van der Waals surface area contributed by atoms with Gasteiger partial charge in [-0.15, -0.1) is 0 Å². The molecule has 94 valence electrons. The predicted octanol–water partition coefficient (Wildman–Crippen LogP) is 2.48. The molecule has 0 aliphatic carbocycles. The minimum Gasteiger partial charge on any atom is -0.393 e. The van der Waals surface area contributed by atoms with Gasteiger partial charge in [0.1, 0.15) is 5.82 Å². The largest absolute Gasteiger partial charge is 0.393 e. The van der Waals surface area contributed by atoms with Gasteiger partial charge in [0.25, 0.3) is 5.91 Å². The standard InChI is InChI=1S/C12H15BrFNO2/c1-7(5-8(2)16)15-12(17)9-3-4-10(13)11(14)6-9/h3-4,6-8,16H,5H2,1-2H3,(H,15,17). The minimum absolute atomic E-state index is 0.158. The number of benzene rings is 1. The second-order valence-corrected chi connectivity index (χ2v) is 4.94. The van der Waals surface area contributed by atoms with E-state index < -0.39 is 11.9 Å². The van der Waals surface area contributed by atoms with Crippen LogP contribution in [-0.2, 0) is 0 Å². The van der Waals surface area contributed by atoms with Crippen molar-refractivity contribution in [3.05, 3.63) is 34.1 Å². The SMILES string of the molecule is CC(O)CC(C)NC(=O)c1ccc(Br)c(F)c1. The highest BCUT2D eigenvalue weighted by molar-refractivity contribution is 9.10. The molecule has 0 aromatic heterocycles. The van der Waals surface area contributed by atoms with Gasteiger partial charge in [0.05, 0.1) is 10.6 Å². The topological polar surface area (TPSA) is 49.3 Å². The Hall–Kier alpha value is -0.940. The quantitative estimate of drug-likeness (QED) is 0.898. The summed E-state index contributed by atoms with van der Waals surface area (Å²) in [5.41, 5.74) is 0.267. The molecule has 0 aliphatic heterocycles. The van der Waals surface area contributed by atoms with Crippen molar-refractivity contribution in [1.29, 1.82) is 0 Å². The van der Waals surface area contributed by atoms with Crippen molar-refractivity contribution in [2.24, 2.45) is 0 Å². The maximum Gasteiger partial charge on any atom is 0.251 e. The fourth-order valence-electron chi connectivity index (χ4n) is 1.52. The first-order valence-electron chi connectivity index (χ1n) is 5.34. The number of hydrogen-bond donors (Lipinski definition) is 2. The van der Waals surface area contributed by atoms with Crippen molar-refractivity contribution < 1.29 is 14.3 Å². The zero-order valence-corrected chi connectivity index (χ0v) is 11.3. The fourth-order valence-corrected chi connectivity index (χ4v) is 1.76. The van der Waals surface area contributed by atoms with E-state index in [-0.39, 0.29) is 17.5 Å². The Labute approximate surface area is 108 Å². The molecule has 0 bridgehead atoms. The van der Waals surface area contributed by atoms with Crippen molar-refractivity contribution in [2.45, 2.75) is 32.4 Å². The molecule has 3 nitrogen and oxygen atoms in total. The number of halogens is 2. The summed E-state index contributed by atoms with van der Waals surface area (Å²) < 4.78 is 13.5. The number of amides is 1. The van der Waals surface area contributed by atoms with E-state index in [2.05, 4.69) is 21.2 Å². The molecule has 0 aliphatic rings. The van der Waals surface area contributed by atoms with Gasteiger partial charge in [-0.05, 0) is 54.4 Å². The van der Waals surface area contributed by atoms with Gasteiger partial charge in [-0.1, -0.05) is 0 Å². The highest BCUT2D eigenvalue weighted by Crippen LogP contribution is 2.16. The van der Waals surface area contributed by atoms with Crippen molar-refractivity contribution >= 4 is 21.8 Å². The number of rotatable bonds is 4. The summed E-state index contributed by atoms with van der Waals surface area (Å²) in [6.45, 7) is 3.45. The molecular weight excluding hydrogens is 289 g/mol. The van der Waals surface area contributed by atoms with Crippen molar-refractivity contribution in [3.8, 4) is 0 Å². The third-order valence-electron chi connectivity index (χ3n) is 2.25. The van der Waals surface area contributed by atoms with Crippen LogP contribution < -0.4 is 5.32 Å². The zero-order valence-electron chi connectivity index (χ0n) is 9.71. The Morgan fingerprint density at radius 2 is 2.18 bits per heavy atom. The molecule has 2 unspecified atom stereocenters. The summed E-state index contributed by atoms with van der Waals surface area (Å²) in [6, 6.07) is 4.05. The number of carbonyl (C=O) groups is 1. The van der Waals surface area contributed by atoms with E-state index in [4.69, 9.17) is 5.11 Å². The number of aliphatic hydroxyl groups excluding tert-OH is 1. The Kier molecular flexibility index (Phi) is 5.08. The van der Waals surface area contributed by atoms with Gasteiger partial charge in [-0.2, -0.15) is 0 Å². The molecule has 5 heteroatoms. The Bertz CT molecular complexity index is 409. The van der Waals surface area contributed by atoms with E-state index in [9.17, 15) is 9.18 Å². The summed E-state index contributed by atoms with van der Waals surface area (Å²) in [7, 11) is 0. The van der Waals surface area contributed by atoms with Crippen molar-refractivity contribution in [2.75, 3.05) is 0 Å². The fraction of sp³-hybridized carbons (Fsp3) is 0.417. The molecule has 0 spiro atoms. The van der Waals surface area contributed by atoms with E-state index in [1.165, 1.54) is 18.2 Å². The van der Waals surface area contributed by atoms with Crippen LogP contribution in [0.4, 0.5) is 4.39 Å². The molecule has 17 heavy (non-hydrogen) atoms. The molecule has 0 saturated heterocycles. The maximum absolute atomic E-state index is 13.2. The number of hydrogen-bond acceptors (Lipinski definition) is 2. The average molecular weight is 304 g/mol. The van der Waals surface area contributed by atoms with Crippen LogP contribution in [0.15, 0.2) is 22.7 Å². The Morgan fingerprint density at radius 1 is 1.53 bits per heavy atom. The summed E-state index contributed by atoms with van der Waals surface area (Å²) in [6.07, 6.45) is -0.0166. The molecular formula is C12H15BrFNO2. The highest BCUT2D eigenvalue weighted by atomic mass is 79.9. The van der Waals surface area contributed by atoms with Crippen LogP contribution >= 0.6 is 15.9 Å². The maximum atomic E-state index is 13.2. The molecule has 2 N–H and O–H groups in total. The number of carbonyl (C=O) groups excluding carboxylic acids is 1.